The first-order chi connectivity index (χ1) is 8.29. The third kappa shape index (κ3) is 3.19. The lowest BCUT2D eigenvalue weighted by atomic mass is 10.1. The zero-order chi connectivity index (χ0) is 12.1. The highest BCUT2D eigenvalue weighted by atomic mass is 32.2. The van der Waals surface area contributed by atoms with Gasteiger partial charge < -0.3 is 5.11 Å². The van der Waals surface area contributed by atoms with Crippen LogP contribution in [0.25, 0.3) is 0 Å². The molecule has 86 valence electrons. The zero-order valence-corrected chi connectivity index (χ0v) is 9.98. The minimum absolute atomic E-state index is 0.249. The van der Waals surface area contributed by atoms with Crippen molar-refractivity contribution in [2.45, 2.75) is 9.79 Å². The Hall–Kier alpha value is -1.58. The lowest BCUT2D eigenvalue weighted by Gasteiger charge is -2.02. The van der Waals surface area contributed by atoms with Crippen LogP contribution in [0.15, 0.2) is 64.4 Å². The van der Waals surface area contributed by atoms with Crippen LogP contribution < -0.4 is 0 Å². The van der Waals surface area contributed by atoms with Crippen LogP contribution >= 0.6 is 11.8 Å². The van der Waals surface area contributed by atoms with E-state index in [0.29, 0.717) is 5.56 Å². The summed E-state index contributed by atoms with van der Waals surface area (Å²) in [7, 11) is 0. The molecule has 0 aliphatic carbocycles. The second-order valence-electron chi connectivity index (χ2n) is 3.52. The molecule has 0 saturated carbocycles. The molecule has 0 amide bonds. The maximum Gasteiger partial charge on any atom is 0.188 e. The van der Waals surface area contributed by atoms with E-state index in [1.807, 2.05) is 42.5 Å². The van der Waals surface area contributed by atoms with E-state index in [1.54, 1.807) is 23.9 Å². The van der Waals surface area contributed by atoms with Crippen LogP contribution in [-0.2, 0) is 0 Å². The molecule has 0 aromatic heterocycles. The molecule has 0 aliphatic heterocycles. The maximum atomic E-state index is 11.2. The summed E-state index contributed by atoms with van der Waals surface area (Å²) >= 11 is 1.64. The monoisotopic (exact) mass is 244 g/mol. The van der Waals surface area contributed by atoms with E-state index in [1.165, 1.54) is 0 Å². The molecule has 0 atom stereocenters. The Kier molecular flexibility index (Phi) is 3.96. The van der Waals surface area contributed by atoms with Crippen LogP contribution in [0.1, 0.15) is 10.4 Å². The van der Waals surface area contributed by atoms with Gasteiger partial charge in [0.2, 0.25) is 0 Å². The van der Waals surface area contributed by atoms with E-state index in [9.17, 15) is 4.79 Å². The number of benzene rings is 2. The zero-order valence-electron chi connectivity index (χ0n) is 9.17. The van der Waals surface area contributed by atoms with E-state index in [0.717, 1.165) is 9.79 Å². The van der Waals surface area contributed by atoms with Crippen molar-refractivity contribution < 1.29 is 9.90 Å². The highest BCUT2D eigenvalue weighted by Gasteiger charge is 2.03. The fourth-order valence-corrected chi connectivity index (χ4v) is 2.26. The Bertz CT molecular complexity index is 491. The maximum absolute atomic E-state index is 11.2. The predicted molar refractivity (Wildman–Crippen MR) is 68.4 cm³/mol. The molecule has 2 aromatic carbocycles. The van der Waals surface area contributed by atoms with Gasteiger partial charge in [-0.2, -0.15) is 0 Å². The highest BCUT2D eigenvalue weighted by Crippen LogP contribution is 2.27. The van der Waals surface area contributed by atoms with Crippen molar-refractivity contribution in [3.05, 3.63) is 60.2 Å². The summed E-state index contributed by atoms with van der Waals surface area (Å²) in [4.78, 5) is 13.5. The van der Waals surface area contributed by atoms with Gasteiger partial charge in [0.25, 0.3) is 0 Å². The average Bonchev–Trinajstić information content (AvgIpc) is 2.40. The van der Waals surface area contributed by atoms with Crippen molar-refractivity contribution in [1.29, 1.82) is 0 Å². The second-order valence-corrected chi connectivity index (χ2v) is 4.67. The minimum Gasteiger partial charge on any atom is -0.388 e. The molecule has 0 heterocycles. The largest absolute Gasteiger partial charge is 0.388 e. The number of ketones is 1. The van der Waals surface area contributed by atoms with Crippen molar-refractivity contribution in [2.75, 3.05) is 6.61 Å². The molecule has 2 rings (SSSR count). The van der Waals surface area contributed by atoms with Crippen LogP contribution in [0, 0.1) is 0 Å². The Morgan fingerprint density at radius 2 is 1.53 bits per heavy atom. The molecule has 0 aliphatic rings. The van der Waals surface area contributed by atoms with E-state index in [-0.39, 0.29) is 5.78 Å². The third-order valence-electron chi connectivity index (χ3n) is 2.30. The van der Waals surface area contributed by atoms with Gasteiger partial charge in [0.15, 0.2) is 5.78 Å². The van der Waals surface area contributed by atoms with E-state index >= 15 is 0 Å². The van der Waals surface area contributed by atoms with Gasteiger partial charge in [-0.1, -0.05) is 42.1 Å². The summed E-state index contributed by atoms with van der Waals surface area (Å²) in [5.41, 5.74) is 0.546. The molecule has 0 radical (unpaired) electrons. The number of hydrogen-bond donors (Lipinski definition) is 1. The molecule has 0 spiro atoms. The Balaban J connectivity index is 2.11. The molecular weight excluding hydrogens is 232 g/mol. The second kappa shape index (κ2) is 5.66. The third-order valence-corrected chi connectivity index (χ3v) is 3.31. The van der Waals surface area contributed by atoms with Crippen LogP contribution in [0.4, 0.5) is 0 Å². The van der Waals surface area contributed by atoms with E-state index in [2.05, 4.69) is 0 Å². The number of hydrogen-bond acceptors (Lipinski definition) is 3. The summed E-state index contributed by atoms with van der Waals surface area (Å²) in [6.07, 6.45) is 0. The Labute approximate surface area is 104 Å². The van der Waals surface area contributed by atoms with Crippen molar-refractivity contribution in [3.63, 3.8) is 0 Å². The predicted octanol–water partition coefficient (Wildman–Crippen LogP) is 3.01. The van der Waals surface area contributed by atoms with Gasteiger partial charge in [-0.05, 0) is 24.3 Å². The molecule has 3 heteroatoms. The number of carbonyl (C=O) groups excluding carboxylic acids is 1. The molecule has 2 nitrogen and oxygen atoms in total. The first-order valence-corrected chi connectivity index (χ1v) is 6.08. The molecule has 0 fully saturated rings. The summed E-state index contributed by atoms with van der Waals surface area (Å²) in [5.74, 6) is -0.249. The van der Waals surface area contributed by atoms with E-state index < -0.39 is 6.61 Å². The quantitative estimate of drug-likeness (QED) is 0.840. The highest BCUT2D eigenvalue weighted by molar-refractivity contribution is 7.99. The van der Waals surface area contributed by atoms with Crippen LogP contribution in [0.3, 0.4) is 0 Å². The van der Waals surface area contributed by atoms with Crippen LogP contribution in [0.5, 0.6) is 0 Å². The summed E-state index contributed by atoms with van der Waals surface area (Å²) in [5, 5.41) is 8.74. The van der Waals surface area contributed by atoms with Gasteiger partial charge in [-0.25, -0.2) is 0 Å². The smallest absolute Gasteiger partial charge is 0.188 e. The van der Waals surface area contributed by atoms with Crippen LogP contribution in [-0.4, -0.2) is 17.5 Å². The lowest BCUT2D eigenvalue weighted by molar-refractivity contribution is 0.0903. The fourth-order valence-electron chi connectivity index (χ4n) is 1.42. The lowest BCUT2D eigenvalue weighted by Crippen LogP contribution is -2.03. The van der Waals surface area contributed by atoms with Crippen LogP contribution in [0.2, 0.25) is 0 Å². The van der Waals surface area contributed by atoms with Crippen molar-refractivity contribution in [1.82, 2.24) is 0 Å². The molecule has 0 saturated heterocycles. The standard InChI is InChI=1S/C14H12O2S/c15-10-14(16)11-6-8-13(9-7-11)17-12-4-2-1-3-5-12/h1-9,15H,10H2. The fraction of sp³-hybridized carbons (Fsp3) is 0.0714. The molecule has 0 bridgehead atoms. The first kappa shape index (κ1) is 11.9. The summed E-state index contributed by atoms with van der Waals surface area (Å²) in [6.45, 7) is -0.439. The minimum atomic E-state index is -0.439. The number of carbonyl (C=O) groups is 1. The normalized spacial score (nSPS) is 10.2. The SMILES string of the molecule is O=C(CO)c1ccc(Sc2ccccc2)cc1. The number of aliphatic hydroxyl groups is 1. The van der Waals surface area contributed by atoms with Gasteiger partial charge in [0, 0.05) is 15.4 Å². The topological polar surface area (TPSA) is 37.3 Å². The molecule has 0 unspecified atom stereocenters. The number of aliphatic hydroxyl groups excluding tert-OH is 1. The Morgan fingerprint density at radius 1 is 0.941 bits per heavy atom. The molecule has 17 heavy (non-hydrogen) atoms. The average molecular weight is 244 g/mol. The van der Waals surface area contributed by atoms with Crippen molar-refractivity contribution in [2.24, 2.45) is 0 Å². The number of rotatable bonds is 4. The van der Waals surface area contributed by atoms with Crippen molar-refractivity contribution in [3.8, 4) is 0 Å². The first-order valence-electron chi connectivity index (χ1n) is 5.26. The van der Waals surface area contributed by atoms with E-state index in [4.69, 9.17) is 5.11 Å². The van der Waals surface area contributed by atoms with Gasteiger partial charge in [0.05, 0.1) is 0 Å². The Morgan fingerprint density at radius 3 is 2.12 bits per heavy atom. The molecular formula is C14H12O2S. The van der Waals surface area contributed by atoms with Gasteiger partial charge in [-0.3, -0.25) is 4.79 Å². The summed E-state index contributed by atoms with van der Waals surface area (Å²) in [6, 6.07) is 17.3. The molecule has 1 N–H and O–H groups in total. The molecule has 2 aromatic rings. The van der Waals surface area contributed by atoms with Gasteiger partial charge in [-0.15, -0.1) is 0 Å². The van der Waals surface area contributed by atoms with Gasteiger partial charge in [0.1, 0.15) is 6.61 Å². The number of Topliss-reactive ketones (excluding diaryl/α,β-unsaturated/α-hetero) is 1. The van der Waals surface area contributed by atoms with Crippen molar-refractivity contribution >= 4 is 17.5 Å². The van der Waals surface area contributed by atoms with Gasteiger partial charge >= 0.3 is 0 Å². The summed E-state index contributed by atoms with van der Waals surface area (Å²) < 4.78 is 0.